The zero-order chi connectivity index (χ0) is 13.6. The Morgan fingerprint density at radius 3 is 3.05 bits per heavy atom. The molecule has 1 N–H and O–H groups in total. The van der Waals surface area contributed by atoms with Crippen LogP contribution >= 0.6 is 0 Å². The van der Waals surface area contributed by atoms with Gasteiger partial charge >= 0.3 is 0 Å². The summed E-state index contributed by atoms with van der Waals surface area (Å²) in [6.07, 6.45) is 17.1. The highest BCUT2D eigenvalue weighted by molar-refractivity contribution is 6.08. The fourth-order valence-electron chi connectivity index (χ4n) is 1.58. The standard InChI is InChI=1S/C13H11N7/c1-2-14-5-7-20(6-1)13-18-10-17-12(19-13)11-8-15-3-4-16-9-11/h1-10,15H. The summed E-state index contributed by atoms with van der Waals surface area (Å²) in [7, 11) is 0. The first-order chi connectivity index (χ1) is 9.93. The highest BCUT2D eigenvalue weighted by atomic mass is 15.2. The zero-order valence-electron chi connectivity index (χ0n) is 10.5. The fourth-order valence-corrected chi connectivity index (χ4v) is 1.58. The van der Waals surface area contributed by atoms with Gasteiger partial charge in [0, 0.05) is 49.6 Å². The van der Waals surface area contributed by atoms with E-state index in [0.717, 1.165) is 5.57 Å². The number of aliphatic imine (C=N–C) groups is 2. The van der Waals surface area contributed by atoms with Gasteiger partial charge < -0.3 is 5.32 Å². The number of nitrogens with one attached hydrogen (secondary N) is 1. The Kier molecular flexibility index (Phi) is 3.41. The number of rotatable bonds is 2. The van der Waals surface area contributed by atoms with Crippen LogP contribution in [0.5, 0.6) is 0 Å². The van der Waals surface area contributed by atoms with Crippen LogP contribution in [0.3, 0.4) is 0 Å². The Balaban J connectivity index is 1.92. The van der Waals surface area contributed by atoms with Gasteiger partial charge in [0.25, 0.3) is 0 Å². The molecule has 98 valence electrons. The lowest BCUT2D eigenvalue weighted by atomic mass is 10.3. The average molecular weight is 265 g/mol. The van der Waals surface area contributed by atoms with Gasteiger partial charge in [-0.1, -0.05) is 0 Å². The molecule has 2 aliphatic heterocycles. The second-order valence-electron chi connectivity index (χ2n) is 3.81. The van der Waals surface area contributed by atoms with Crippen LogP contribution in [0, 0.1) is 0 Å². The lowest BCUT2D eigenvalue weighted by molar-refractivity contribution is 0.981. The van der Waals surface area contributed by atoms with Crippen LogP contribution in [-0.2, 0) is 0 Å². The van der Waals surface area contributed by atoms with Gasteiger partial charge in [0.2, 0.25) is 5.95 Å². The third-order valence-electron chi connectivity index (χ3n) is 2.49. The van der Waals surface area contributed by atoms with Crippen molar-refractivity contribution >= 4 is 24.0 Å². The van der Waals surface area contributed by atoms with Gasteiger partial charge in [-0.3, -0.25) is 14.9 Å². The van der Waals surface area contributed by atoms with Crippen LogP contribution in [0.25, 0.3) is 5.57 Å². The normalized spacial score (nSPS) is 16.6. The third-order valence-corrected chi connectivity index (χ3v) is 2.49. The Morgan fingerprint density at radius 2 is 2.05 bits per heavy atom. The molecule has 1 aromatic rings. The first-order valence-electron chi connectivity index (χ1n) is 5.92. The first-order valence-corrected chi connectivity index (χ1v) is 5.92. The van der Waals surface area contributed by atoms with E-state index < -0.39 is 0 Å². The van der Waals surface area contributed by atoms with E-state index in [9.17, 15) is 0 Å². The molecule has 0 aliphatic carbocycles. The van der Waals surface area contributed by atoms with E-state index in [0.29, 0.717) is 11.8 Å². The smallest absolute Gasteiger partial charge is 0.237 e. The van der Waals surface area contributed by atoms with E-state index in [4.69, 9.17) is 0 Å². The van der Waals surface area contributed by atoms with Crippen molar-refractivity contribution in [3.8, 4) is 0 Å². The number of hydrogen-bond donors (Lipinski definition) is 1. The highest BCUT2D eigenvalue weighted by Gasteiger charge is 2.09. The van der Waals surface area contributed by atoms with Crippen molar-refractivity contribution in [2.45, 2.75) is 0 Å². The predicted octanol–water partition coefficient (Wildman–Crippen LogP) is 1.23. The fraction of sp³-hybridized carbons (Fsp3) is 0. The molecule has 20 heavy (non-hydrogen) atoms. The molecule has 0 unspecified atom stereocenters. The lowest BCUT2D eigenvalue weighted by Gasteiger charge is -2.12. The van der Waals surface area contributed by atoms with Crippen molar-refractivity contribution in [1.29, 1.82) is 0 Å². The summed E-state index contributed by atoms with van der Waals surface area (Å²) in [5.74, 6) is 1.06. The van der Waals surface area contributed by atoms with Gasteiger partial charge in [0.15, 0.2) is 5.82 Å². The molecule has 0 saturated heterocycles. The number of hydrogen-bond acceptors (Lipinski definition) is 7. The molecule has 0 bridgehead atoms. The Morgan fingerprint density at radius 1 is 1.05 bits per heavy atom. The molecule has 0 atom stereocenters. The van der Waals surface area contributed by atoms with Gasteiger partial charge in [-0.2, -0.15) is 4.98 Å². The van der Waals surface area contributed by atoms with Gasteiger partial charge in [0.05, 0.1) is 5.57 Å². The third kappa shape index (κ3) is 2.66. The van der Waals surface area contributed by atoms with E-state index in [1.54, 1.807) is 54.4 Å². The molecule has 7 nitrogen and oxygen atoms in total. The molecule has 0 radical (unpaired) electrons. The summed E-state index contributed by atoms with van der Waals surface area (Å²) in [5, 5.41) is 2.98. The minimum absolute atomic E-state index is 0.513. The largest absolute Gasteiger partial charge is 0.366 e. The maximum Gasteiger partial charge on any atom is 0.237 e. The molecule has 0 spiro atoms. The van der Waals surface area contributed by atoms with Crippen molar-refractivity contribution < 1.29 is 0 Å². The topological polar surface area (TPSA) is 78.7 Å². The quantitative estimate of drug-likeness (QED) is 0.870. The van der Waals surface area contributed by atoms with Crippen molar-refractivity contribution in [2.24, 2.45) is 9.98 Å². The molecule has 0 amide bonds. The number of anilines is 1. The molecule has 2 aliphatic rings. The summed E-state index contributed by atoms with van der Waals surface area (Å²) < 4.78 is 0. The molecule has 7 heteroatoms. The number of nitrogens with zero attached hydrogens (tertiary/aromatic N) is 6. The average Bonchev–Trinajstić information content (AvgIpc) is 2.92. The molecule has 0 aromatic carbocycles. The highest BCUT2D eigenvalue weighted by Crippen LogP contribution is 2.13. The molecular weight excluding hydrogens is 254 g/mol. The number of allylic oxidation sites excluding steroid dienone is 2. The van der Waals surface area contributed by atoms with Crippen molar-refractivity contribution in [3.63, 3.8) is 0 Å². The maximum absolute atomic E-state index is 4.42. The first kappa shape index (κ1) is 12.0. The molecule has 3 rings (SSSR count). The van der Waals surface area contributed by atoms with Crippen LogP contribution in [0.15, 0.2) is 59.6 Å². The SMILES string of the molecule is C1=CN(c2ncnc(C3=CNC=CN=C3)n2)C=CN=C1. The van der Waals surface area contributed by atoms with E-state index in [2.05, 4.69) is 30.3 Å². The van der Waals surface area contributed by atoms with Gasteiger partial charge in [-0.15, -0.1) is 0 Å². The molecular formula is C13H11N7. The second kappa shape index (κ2) is 5.70. The van der Waals surface area contributed by atoms with Gasteiger partial charge in [0.1, 0.15) is 6.33 Å². The van der Waals surface area contributed by atoms with Crippen molar-refractivity contribution in [2.75, 3.05) is 4.90 Å². The zero-order valence-corrected chi connectivity index (χ0v) is 10.5. The summed E-state index contributed by atoms with van der Waals surface area (Å²) in [5.41, 5.74) is 0.776. The van der Waals surface area contributed by atoms with E-state index in [1.165, 1.54) is 6.33 Å². The van der Waals surface area contributed by atoms with Crippen LogP contribution in [-0.4, -0.2) is 27.4 Å². The maximum atomic E-state index is 4.42. The second-order valence-corrected chi connectivity index (χ2v) is 3.81. The van der Waals surface area contributed by atoms with Crippen LogP contribution < -0.4 is 10.2 Å². The van der Waals surface area contributed by atoms with Gasteiger partial charge in [-0.05, 0) is 6.08 Å². The summed E-state index contributed by atoms with van der Waals surface area (Å²) in [6, 6.07) is 0. The Hall–Kier alpha value is -3.09. The van der Waals surface area contributed by atoms with Crippen molar-refractivity contribution in [1.82, 2.24) is 20.3 Å². The molecule has 0 saturated carbocycles. The van der Waals surface area contributed by atoms with E-state index >= 15 is 0 Å². The molecule has 3 heterocycles. The minimum atomic E-state index is 0.513. The lowest BCUT2D eigenvalue weighted by Crippen LogP contribution is -2.12. The predicted molar refractivity (Wildman–Crippen MR) is 77.8 cm³/mol. The van der Waals surface area contributed by atoms with Gasteiger partial charge in [-0.25, -0.2) is 9.97 Å². The number of aromatic nitrogens is 3. The monoisotopic (exact) mass is 265 g/mol. The van der Waals surface area contributed by atoms with E-state index in [-0.39, 0.29) is 0 Å². The summed E-state index contributed by atoms with van der Waals surface area (Å²) in [6.45, 7) is 0. The van der Waals surface area contributed by atoms with Crippen LogP contribution in [0.1, 0.15) is 5.82 Å². The van der Waals surface area contributed by atoms with E-state index in [1.807, 2.05) is 6.20 Å². The Labute approximate surface area is 115 Å². The molecule has 1 aromatic heterocycles. The molecule has 0 fully saturated rings. The van der Waals surface area contributed by atoms with Crippen molar-refractivity contribution in [3.05, 3.63) is 55.4 Å². The summed E-state index contributed by atoms with van der Waals surface area (Å²) in [4.78, 5) is 22.6. The van der Waals surface area contributed by atoms with Crippen LogP contribution in [0.2, 0.25) is 0 Å². The Bertz CT molecular complexity index is 651. The minimum Gasteiger partial charge on any atom is -0.366 e. The summed E-state index contributed by atoms with van der Waals surface area (Å²) >= 11 is 0. The van der Waals surface area contributed by atoms with Crippen LogP contribution in [0.4, 0.5) is 5.95 Å².